The maximum Gasteiger partial charge on any atom is 0.0878 e. The van der Waals surface area contributed by atoms with Gasteiger partial charge in [0.25, 0.3) is 0 Å². The minimum atomic E-state index is 0.783. The number of hydrogen-bond acceptors (Lipinski definition) is 2. The average molecular weight is 229 g/mol. The number of rotatable bonds is 3. The van der Waals surface area contributed by atoms with Crippen molar-refractivity contribution in [3.8, 4) is 5.69 Å². The third-order valence-corrected chi connectivity index (χ3v) is 2.97. The van der Waals surface area contributed by atoms with Gasteiger partial charge in [0.15, 0.2) is 0 Å². The number of nitrogen functional groups attached to an aromatic ring is 1. The third kappa shape index (κ3) is 2.18. The number of anilines is 1. The van der Waals surface area contributed by atoms with E-state index in [4.69, 9.17) is 5.73 Å². The Bertz CT molecular complexity index is 526. The summed E-state index contributed by atoms with van der Waals surface area (Å²) in [6, 6.07) is 8.25. The largest absolute Gasteiger partial charge is 0.397 e. The van der Waals surface area contributed by atoms with Crippen molar-refractivity contribution in [2.24, 2.45) is 0 Å². The van der Waals surface area contributed by atoms with Crippen molar-refractivity contribution >= 4 is 5.69 Å². The molecule has 0 saturated heterocycles. The summed E-state index contributed by atoms with van der Waals surface area (Å²) in [6.07, 6.45) is 1.91. The van der Waals surface area contributed by atoms with E-state index in [1.807, 2.05) is 23.7 Å². The Morgan fingerprint density at radius 3 is 2.53 bits per heavy atom. The fourth-order valence-corrected chi connectivity index (χ4v) is 1.98. The molecular formula is C14H19N3. The van der Waals surface area contributed by atoms with Gasteiger partial charge in [-0.05, 0) is 43.5 Å². The van der Waals surface area contributed by atoms with Crippen molar-refractivity contribution in [2.75, 3.05) is 5.73 Å². The normalized spacial score (nSPS) is 10.8. The van der Waals surface area contributed by atoms with Crippen molar-refractivity contribution in [1.29, 1.82) is 0 Å². The molecule has 1 aromatic heterocycles. The van der Waals surface area contributed by atoms with Gasteiger partial charge < -0.3 is 5.73 Å². The van der Waals surface area contributed by atoms with E-state index in [-0.39, 0.29) is 0 Å². The van der Waals surface area contributed by atoms with Crippen molar-refractivity contribution in [3.63, 3.8) is 0 Å². The summed E-state index contributed by atoms with van der Waals surface area (Å²) in [5, 5.41) is 4.60. The van der Waals surface area contributed by atoms with Crippen molar-refractivity contribution in [3.05, 3.63) is 41.2 Å². The monoisotopic (exact) mass is 229 g/mol. The van der Waals surface area contributed by atoms with Crippen molar-refractivity contribution in [1.82, 2.24) is 9.78 Å². The minimum Gasteiger partial charge on any atom is -0.397 e. The molecule has 2 aromatic rings. The first kappa shape index (κ1) is 11.7. The Hall–Kier alpha value is -1.77. The summed E-state index contributed by atoms with van der Waals surface area (Å²) < 4.78 is 1.97. The van der Waals surface area contributed by atoms with E-state index in [0.29, 0.717) is 0 Å². The summed E-state index contributed by atoms with van der Waals surface area (Å²) >= 11 is 0. The van der Waals surface area contributed by atoms with Crippen LogP contribution in [0.1, 0.15) is 30.8 Å². The predicted octanol–water partition coefficient (Wildman–Crippen LogP) is 2.89. The topological polar surface area (TPSA) is 43.8 Å². The van der Waals surface area contributed by atoms with E-state index in [9.17, 15) is 0 Å². The molecule has 0 amide bonds. The molecule has 0 fully saturated rings. The number of hydrogen-bond donors (Lipinski definition) is 1. The van der Waals surface area contributed by atoms with Gasteiger partial charge in [0.05, 0.1) is 17.1 Å². The van der Waals surface area contributed by atoms with Crippen LogP contribution in [-0.2, 0) is 12.8 Å². The Labute approximate surface area is 102 Å². The molecule has 3 nitrogen and oxygen atoms in total. The number of aromatic nitrogens is 2. The SMILES string of the molecule is CCc1cc(CC)n(-c2ccc(C)cc2N)n1. The maximum atomic E-state index is 6.07. The van der Waals surface area contributed by atoms with Crippen LogP contribution >= 0.6 is 0 Å². The molecule has 0 unspecified atom stereocenters. The van der Waals surface area contributed by atoms with E-state index < -0.39 is 0 Å². The second-order valence-corrected chi connectivity index (χ2v) is 4.31. The van der Waals surface area contributed by atoms with E-state index >= 15 is 0 Å². The van der Waals surface area contributed by atoms with Gasteiger partial charge in [-0.3, -0.25) is 0 Å². The van der Waals surface area contributed by atoms with E-state index in [2.05, 4.69) is 31.1 Å². The highest BCUT2D eigenvalue weighted by Crippen LogP contribution is 2.21. The van der Waals surface area contributed by atoms with Gasteiger partial charge in [-0.25, -0.2) is 4.68 Å². The molecule has 0 spiro atoms. The van der Waals surface area contributed by atoms with Gasteiger partial charge in [0, 0.05) is 5.69 Å². The highest BCUT2D eigenvalue weighted by Gasteiger charge is 2.09. The van der Waals surface area contributed by atoms with Crippen LogP contribution in [0, 0.1) is 6.92 Å². The molecule has 2 rings (SSSR count). The maximum absolute atomic E-state index is 6.07. The molecule has 0 aliphatic heterocycles. The summed E-state index contributed by atoms with van der Waals surface area (Å²) in [5.74, 6) is 0. The van der Waals surface area contributed by atoms with E-state index in [1.54, 1.807) is 0 Å². The zero-order chi connectivity index (χ0) is 12.4. The third-order valence-electron chi connectivity index (χ3n) is 2.97. The summed E-state index contributed by atoms with van der Waals surface area (Å²) in [7, 11) is 0. The number of nitrogens with zero attached hydrogens (tertiary/aromatic N) is 2. The highest BCUT2D eigenvalue weighted by atomic mass is 15.3. The quantitative estimate of drug-likeness (QED) is 0.822. The lowest BCUT2D eigenvalue weighted by Gasteiger charge is -2.09. The van der Waals surface area contributed by atoms with Crippen LogP contribution < -0.4 is 5.73 Å². The van der Waals surface area contributed by atoms with Gasteiger partial charge in [-0.1, -0.05) is 19.9 Å². The summed E-state index contributed by atoms with van der Waals surface area (Å²) in [5.41, 5.74) is 11.3. The zero-order valence-electron chi connectivity index (χ0n) is 10.7. The molecule has 2 N–H and O–H groups in total. The lowest BCUT2D eigenvalue weighted by atomic mass is 10.2. The Morgan fingerprint density at radius 1 is 1.18 bits per heavy atom. The first-order chi connectivity index (χ1) is 8.15. The lowest BCUT2D eigenvalue weighted by Crippen LogP contribution is -2.05. The minimum absolute atomic E-state index is 0.783. The van der Waals surface area contributed by atoms with E-state index in [1.165, 1.54) is 11.3 Å². The van der Waals surface area contributed by atoms with E-state index in [0.717, 1.165) is 29.9 Å². The standard InChI is InChI=1S/C14H19N3/c1-4-11-9-12(5-2)17(16-11)14-7-6-10(3)8-13(14)15/h6-9H,4-5,15H2,1-3H3. The first-order valence-corrected chi connectivity index (χ1v) is 6.10. The highest BCUT2D eigenvalue weighted by molar-refractivity contribution is 5.59. The number of aryl methyl sites for hydroxylation is 3. The van der Waals surface area contributed by atoms with Gasteiger partial charge in [-0.15, -0.1) is 0 Å². The molecular weight excluding hydrogens is 210 g/mol. The van der Waals surface area contributed by atoms with Crippen LogP contribution in [0.5, 0.6) is 0 Å². The van der Waals surface area contributed by atoms with Gasteiger partial charge >= 0.3 is 0 Å². The second kappa shape index (κ2) is 4.62. The van der Waals surface area contributed by atoms with Crippen LogP contribution in [0.25, 0.3) is 5.69 Å². The number of nitrogens with two attached hydrogens (primary N) is 1. The molecule has 1 heterocycles. The molecule has 0 aliphatic carbocycles. The molecule has 0 bridgehead atoms. The second-order valence-electron chi connectivity index (χ2n) is 4.31. The Kier molecular flexibility index (Phi) is 3.18. The molecule has 0 atom stereocenters. The van der Waals surface area contributed by atoms with Crippen LogP contribution in [0.4, 0.5) is 5.69 Å². The summed E-state index contributed by atoms with van der Waals surface area (Å²) in [6.45, 7) is 6.30. The predicted molar refractivity (Wildman–Crippen MR) is 71.5 cm³/mol. The zero-order valence-corrected chi connectivity index (χ0v) is 10.7. The Balaban J connectivity index is 2.55. The van der Waals surface area contributed by atoms with Crippen LogP contribution in [0.2, 0.25) is 0 Å². The van der Waals surface area contributed by atoms with Crippen molar-refractivity contribution < 1.29 is 0 Å². The average Bonchev–Trinajstić information content (AvgIpc) is 2.72. The smallest absolute Gasteiger partial charge is 0.0878 e. The van der Waals surface area contributed by atoms with Gasteiger partial charge in [0.1, 0.15) is 0 Å². The van der Waals surface area contributed by atoms with Crippen LogP contribution in [0.15, 0.2) is 24.3 Å². The van der Waals surface area contributed by atoms with Crippen molar-refractivity contribution in [2.45, 2.75) is 33.6 Å². The lowest BCUT2D eigenvalue weighted by molar-refractivity contribution is 0.796. The summed E-state index contributed by atoms with van der Waals surface area (Å²) in [4.78, 5) is 0. The van der Waals surface area contributed by atoms with Gasteiger partial charge in [-0.2, -0.15) is 5.10 Å². The molecule has 3 heteroatoms. The fraction of sp³-hybridized carbons (Fsp3) is 0.357. The molecule has 0 aliphatic rings. The van der Waals surface area contributed by atoms with Gasteiger partial charge in [0.2, 0.25) is 0 Å². The Morgan fingerprint density at radius 2 is 1.94 bits per heavy atom. The molecule has 17 heavy (non-hydrogen) atoms. The molecule has 90 valence electrons. The molecule has 0 radical (unpaired) electrons. The molecule has 0 saturated carbocycles. The fourth-order valence-electron chi connectivity index (χ4n) is 1.98. The number of benzene rings is 1. The molecule has 1 aromatic carbocycles. The van der Waals surface area contributed by atoms with Crippen LogP contribution in [0.3, 0.4) is 0 Å². The first-order valence-electron chi connectivity index (χ1n) is 6.10. The van der Waals surface area contributed by atoms with Crippen LogP contribution in [-0.4, -0.2) is 9.78 Å².